The van der Waals surface area contributed by atoms with Crippen molar-refractivity contribution in [3.05, 3.63) is 41.6 Å². The first-order valence-electron chi connectivity index (χ1n) is 7.28. The highest BCUT2D eigenvalue weighted by Crippen LogP contribution is 2.15. The Morgan fingerprint density at radius 2 is 1.95 bits per heavy atom. The number of aryl methyl sites for hydroxylation is 1. The minimum absolute atomic E-state index is 0.185. The number of carboxylic acid groups (broad SMARTS) is 1. The van der Waals surface area contributed by atoms with Crippen molar-refractivity contribution in [2.45, 2.75) is 33.2 Å². The summed E-state index contributed by atoms with van der Waals surface area (Å²) in [6.07, 6.45) is 0.398. The maximum atomic E-state index is 12.3. The molecule has 1 atom stereocenters. The molecule has 0 fully saturated rings. The maximum absolute atomic E-state index is 12.3. The summed E-state index contributed by atoms with van der Waals surface area (Å²) in [7, 11) is 0. The molecule has 1 amide bonds. The zero-order valence-corrected chi connectivity index (χ0v) is 13.0. The number of carbonyl (C=O) groups excluding carboxylic acids is 1. The molecule has 0 aliphatic rings. The van der Waals surface area contributed by atoms with Gasteiger partial charge < -0.3 is 10.4 Å². The molecule has 0 unspecified atom stereocenters. The molecule has 0 saturated carbocycles. The van der Waals surface area contributed by atoms with Crippen LogP contribution in [0.4, 0.5) is 0 Å². The molecule has 2 N–H and O–H groups in total. The topological polar surface area (TPSA) is 79.3 Å². The number of pyridine rings is 1. The fraction of sp³-hybridized carbons (Fsp3) is 0.353. The van der Waals surface area contributed by atoms with Crippen LogP contribution in [0.25, 0.3) is 10.9 Å². The lowest BCUT2D eigenvalue weighted by Gasteiger charge is -2.16. The Labute approximate surface area is 129 Å². The van der Waals surface area contributed by atoms with Crippen LogP contribution < -0.4 is 5.32 Å². The Morgan fingerprint density at radius 3 is 2.59 bits per heavy atom. The summed E-state index contributed by atoms with van der Waals surface area (Å²) in [4.78, 5) is 27.9. The smallest absolute Gasteiger partial charge is 0.326 e. The fourth-order valence-corrected chi connectivity index (χ4v) is 2.30. The van der Waals surface area contributed by atoms with Crippen LogP contribution in [0.3, 0.4) is 0 Å². The molecule has 0 saturated heterocycles. The highest BCUT2D eigenvalue weighted by atomic mass is 16.4. The normalized spacial score (nSPS) is 12.4. The highest BCUT2D eigenvalue weighted by molar-refractivity contribution is 5.99. The van der Waals surface area contributed by atoms with E-state index in [4.69, 9.17) is 0 Å². The van der Waals surface area contributed by atoms with Gasteiger partial charge >= 0.3 is 5.97 Å². The summed E-state index contributed by atoms with van der Waals surface area (Å²) in [6.45, 7) is 5.75. The number of aliphatic carboxylic acids is 1. The van der Waals surface area contributed by atoms with Gasteiger partial charge in [-0.05, 0) is 43.5 Å². The Kier molecular flexibility index (Phi) is 4.75. The lowest BCUT2D eigenvalue weighted by Crippen LogP contribution is -2.41. The van der Waals surface area contributed by atoms with E-state index >= 15 is 0 Å². The van der Waals surface area contributed by atoms with E-state index in [0.29, 0.717) is 12.0 Å². The van der Waals surface area contributed by atoms with Crippen molar-refractivity contribution < 1.29 is 14.7 Å². The van der Waals surface area contributed by atoms with Crippen molar-refractivity contribution in [2.75, 3.05) is 0 Å². The standard InChI is InChI=1S/C17H20N2O3/c1-10(2)8-15(17(21)22)19-16(20)13-6-7-14-12(9-13)5-4-11(3)18-14/h4-7,9-10,15H,8H2,1-3H3,(H,19,20)(H,21,22)/t15-/m1/s1. The van der Waals surface area contributed by atoms with Crippen LogP contribution in [0, 0.1) is 12.8 Å². The van der Waals surface area contributed by atoms with Gasteiger partial charge in [-0.1, -0.05) is 19.9 Å². The van der Waals surface area contributed by atoms with E-state index in [1.165, 1.54) is 0 Å². The van der Waals surface area contributed by atoms with E-state index < -0.39 is 12.0 Å². The molecular weight excluding hydrogens is 280 g/mol. The zero-order chi connectivity index (χ0) is 16.3. The molecule has 0 aliphatic carbocycles. The third kappa shape index (κ3) is 3.81. The Hall–Kier alpha value is -2.43. The molecule has 5 nitrogen and oxygen atoms in total. The van der Waals surface area contributed by atoms with E-state index in [-0.39, 0.29) is 11.8 Å². The second kappa shape index (κ2) is 6.56. The van der Waals surface area contributed by atoms with E-state index in [9.17, 15) is 14.7 Å². The molecule has 0 aliphatic heterocycles. The first-order valence-corrected chi connectivity index (χ1v) is 7.28. The predicted octanol–water partition coefficient (Wildman–Crippen LogP) is 2.77. The minimum Gasteiger partial charge on any atom is -0.480 e. The van der Waals surface area contributed by atoms with Gasteiger partial charge in [-0.3, -0.25) is 9.78 Å². The molecule has 2 aromatic rings. The third-order valence-electron chi connectivity index (χ3n) is 3.40. The van der Waals surface area contributed by atoms with E-state index in [1.54, 1.807) is 18.2 Å². The third-order valence-corrected chi connectivity index (χ3v) is 3.40. The first kappa shape index (κ1) is 15.9. The van der Waals surface area contributed by atoms with Gasteiger partial charge in [0, 0.05) is 16.6 Å². The van der Waals surface area contributed by atoms with Crippen molar-refractivity contribution in [2.24, 2.45) is 5.92 Å². The fourth-order valence-electron chi connectivity index (χ4n) is 2.30. The number of nitrogens with zero attached hydrogens (tertiary/aromatic N) is 1. The number of benzene rings is 1. The highest BCUT2D eigenvalue weighted by Gasteiger charge is 2.21. The second-order valence-electron chi connectivity index (χ2n) is 5.85. The van der Waals surface area contributed by atoms with Crippen LogP contribution in [0.15, 0.2) is 30.3 Å². The summed E-state index contributed by atoms with van der Waals surface area (Å²) >= 11 is 0. The average Bonchev–Trinajstić information content (AvgIpc) is 2.45. The molecule has 0 spiro atoms. The zero-order valence-electron chi connectivity index (χ0n) is 13.0. The number of hydrogen-bond acceptors (Lipinski definition) is 3. The van der Waals surface area contributed by atoms with Gasteiger partial charge in [0.1, 0.15) is 6.04 Å². The number of hydrogen-bond donors (Lipinski definition) is 2. The first-order chi connectivity index (χ1) is 10.4. The molecule has 0 radical (unpaired) electrons. The second-order valence-corrected chi connectivity index (χ2v) is 5.85. The monoisotopic (exact) mass is 300 g/mol. The van der Waals surface area contributed by atoms with Gasteiger partial charge in [0.2, 0.25) is 0 Å². The molecular formula is C17H20N2O3. The molecule has 2 rings (SSSR count). The number of aromatic nitrogens is 1. The van der Waals surface area contributed by atoms with Gasteiger partial charge in [-0.2, -0.15) is 0 Å². The Bertz CT molecular complexity index is 710. The van der Waals surface area contributed by atoms with E-state index in [1.807, 2.05) is 32.9 Å². The quantitative estimate of drug-likeness (QED) is 0.890. The Balaban J connectivity index is 2.21. The number of carboxylic acids is 1. The molecule has 5 heteroatoms. The van der Waals surface area contributed by atoms with Gasteiger partial charge in [0.05, 0.1) is 5.52 Å². The molecule has 1 aromatic heterocycles. The number of rotatable bonds is 5. The largest absolute Gasteiger partial charge is 0.480 e. The molecule has 1 heterocycles. The van der Waals surface area contributed by atoms with Crippen molar-refractivity contribution in [1.29, 1.82) is 0 Å². The number of fused-ring (bicyclic) bond motifs is 1. The van der Waals surface area contributed by atoms with Crippen LogP contribution in [0.5, 0.6) is 0 Å². The summed E-state index contributed by atoms with van der Waals surface area (Å²) in [5, 5.41) is 12.6. The van der Waals surface area contributed by atoms with Gasteiger partial charge in [-0.15, -0.1) is 0 Å². The molecule has 22 heavy (non-hydrogen) atoms. The SMILES string of the molecule is Cc1ccc2cc(C(=O)N[C@H](CC(C)C)C(=O)O)ccc2n1. The van der Waals surface area contributed by atoms with E-state index in [2.05, 4.69) is 10.3 Å². The lowest BCUT2D eigenvalue weighted by molar-refractivity contribution is -0.139. The molecule has 116 valence electrons. The average molecular weight is 300 g/mol. The lowest BCUT2D eigenvalue weighted by atomic mass is 10.0. The minimum atomic E-state index is -1.01. The number of amides is 1. The van der Waals surface area contributed by atoms with Gasteiger partial charge in [0.15, 0.2) is 0 Å². The number of nitrogens with one attached hydrogen (secondary N) is 1. The summed E-state index contributed by atoms with van der Waals surface area (Å²) in [5.41, 5.74) is 2.16. The predicted molar refractivity (Wildman–Crippen MR) is 84.8 cm³/mol. The molecule has 0 bridgehead atoms. The van der Waals surface area contributed by atoms with E-state index in [0.717, 1.165) is 16.6 Å². The van der Waals surface area contributed by atoms with Crippen LogP contribution in [0.1, 0.15) is 36.3 Å². The summed E-state index contributed by atoms with van der Waals surface area (Å²) in [5.74, 6) is -1.21. The van der Waals surface area contributed by atoms with Crippen LogP contribution >= 0.6 is 0 Å². The van der Waals surface area contributed by atoms with Crippen LogP contribution in [-0.4, -0.2) is 28.0 Å². The van der Waals surface area contributed by atoms with Crippen LogP contribution in [0.2, 0.25) is 0 Å². The van der Waals surface area contributed by atoms with Crippen LogP contribution in [-0.2, 0) is 4.79 Å². The van der Waals surface area contributed by atoms with Gasteiger partial charge in [-0.25, -0.2) is 4.79 Å². The van der Waals surface area contributed by atoms with Crippen molar-refractivity contribution >= 4 is 22.8 Å². The molecule has 1 aromatic carbocycles. The summed E-state index contributed by atoms with van der Waals surface area (Å²) < 4.78 is 0. The number of carbonyl (C=O) groups is 2. The Morgan fingerprint density at radius 1 is 1.23 bits per heavy atom. The van der Waals surface area contributed by atoms with Crippen molar-refractivity contribution in [3.8, 4) is 0 Å². The van der Waals surface area contributed by atoms with Crippen molar-refractivity contribution in [3.63, 3.8) is 0 Å². The maximum Gasteiger partial charge on any atom is 0.326 e. The summed E-state index contributed by atoms with van der Waals surface area (Å²) in [6, 6.07) is 8.07. The van der Waals surface area contributed by atoms with Gasteiger partial charge in [0.25, 0.3) is 5.91 Å². The van der Waals surface area contributed by atoms with Crippen molar-refractivity contribution in [1.82, 2.24) is 10.3 Å².